The molecule has 0 aliphatic rings. The number of benzene rings is 4. The molecule has 0 aliphatic heterocycles. The van der Waals surface area contributed by atoms with Crippen LogP contribution < -0.4 is 4.74 Å². The lowest BCUT2D eigenvalue weighted by atomic mass is 9.97. The molecule has 0 radical (unpaired) electrons. The van der Waals surface area contributed by atoms with Gasteiger partial charge in [-0.15, -0.1) is 0 Å². The number of rotatable bonds is 5. The average molecular weight is 560 g/mol. The first kappa shape index (κ1) is 26.2. The molecule has 0 unspecified atom stereocenters. The van der Waals surface area contributed by atoms with Crippen molar-refractivity contribution in [3.63, 3.8) is 0 Å². The summed E-state index contributed by atoms with van der Waals surface area (Å²) in [4.78, 5) is 8.29. The molecular formula is C37H29N5O. The number of hydrogen-bond donors (Lipinski definition) is 0. The van der Waals surface area contributed by atoms with Gasteiger partial charge in [0.2, 0.25) is 0 Å². The maximum absolute atomic E-state index is 7.36. The quantitative estimate of drug-likeness (QED) is 0.197. The van der Waals surface area contributed by atoms with E-state index in [1.165, 1.54) is 5.39 Å². The number of hydrogen-bond acceptors (Lipinski definition) is 3. The maximum atomic E-state index is 7.36. The van der Waals surface area contributed by atoms with Gasteiger partial charge in [0.25, 0.3) is 0 Å². The smallest absolute Gasteiger partial charge is 0.187 e. The second-order valence-electron chi connectivity index (χ2n) is 11.1. The van der Waals surface area contributed by atoms with Gasteiger partial charge in [0.1, 0.15) is 17.3 Å². The number of fused-ring (bicyclic) bond motifs is 3. The molecule has 208 valence electrons. The van der Waals surface area contributed by atoms with Crippen molar-refractivity contribution in [3.8, 4) is 34.1 Å². The first-order valence-electron chi connectivity index (χ1n) is 14.2. The van der Waals surface area contributed by atoms with Crippen LogP contribution in [0.25, 0.3) is 49.3 Å². The molecule has 0 N–H and O–H groups in total. The van der Waals surface area contributed by atoms with Crippen molar-refractivity contribution in [2.24, 2.45) is 0 Å². The van der Waals surface area contributed by atoms with Crippen molar-refractivity contribution in [2.45, 2.75) is 27.7 Å². The van der Waals surface area contributed by atoms with Crippen molar-refractivity contribution in [2.75, 3.05) is 0 Å². The molecule has 0 fully saturated rings. The van der Waals surface area contributed by atoms with Crippen LogP contribution in [0.3, 0.4) is 0 Å². The standard InChI is InChI=1S/C37H29N5O/c1-23-12-13-39-36(16-23)42-34-9-7-6-8-32(34)33-11-10-30(20-35(33)42)43-31-15-24(2)14-29(19-31)41-22-27(21-40-41)37-25(3)17-28(38-5)18-26(37)4/h6-22H,1-4H3. The lowest BCUT2D eigenvalue weighted by molar-refractivity contribution is 0.482. The maximum Gasteiger partial charge on any atom is 0.187 e. The summed E-state index contributed by atoms with van der Waals surface area (Å²) in [5.74, 6) is 2.36. The molecule has 0 amide bonds. The fourth-order valence-corrected chi connectivity index (χ4v) is 6.01. The second kappa shape index (κ2) is 10.3. The van der Waals surface area contributed by atoms with Crippen molar-refractivity contribution in [3.05, 3.63) is 137 Å². The monoisotopic (exact) mass is 559 g/mol. The summed E-state index contributed by atoms with van der Waals surface area (Å²) in [7, 11) is 0. The normalized spacial score (nSPS) is 11.2. The number of para-hydroxylation sites is 1. The minimum absolute atomic E-state index is 0.653. The van der Waals surface area contributed by atoms with Crippen LogP contribution in [0.1, 0.15) is 22.3 Å². The molecule has 0 spiro atoms. The Labute approximate surface area is 250 Å². The third-order valence-electron chi connectivity index (χ3n) is 7.83. The lowest BCUT2D eigenvalue weighted by Gasteiger charge is -2.11. The van der Waals surface area contributed by atoms with Gasteiger partial charge in [-0.1, -0.05) is 41.5 Å². The number of aryl methyl sites for hydroxylation is 4. The molecule has 7 aromatic rings. The van der Waals surface area contributed by atoms with Gasteiger partial charge in [0.15, 0.2) is 5.69 Å². The van der Waals surface area contributed by atoms with E-state index in [-0.39, 0.29) is 0 Å². The number of aromatic nitrogens is 4. The van der Waals surface area contributed by atoms with E-state index in [2.05, 4.69) is 76.9 Å². The molecule has 0 saturated carbocycles. The highest BCUT2D eigenvalue weighted by atomic mass is 16.5. The molecule has 0 aliphatic carbocycles. The summed E-state index contributed by atoms with van der Waals surface area (Å²) in [6.07, 6.45) is 5.76. The lowest BCUT2D eigenvalue weighted by Crippen LogP contribution is -1.98. The van der Waals surface area contributed by atoms with Crippen LogP contribution in [0, 0.1) is 34.3 Å². The van der Waals surface area contributed by atoms with Crippen LogP contribution in [0.15, 0.2) is 104 Å². The Morgan fingerprint density at radius 2 is 1.53 bits per heavy atom. The zero-order valence-corrected chi connectivity index (χ0v) is 24.5. The summed E-state index contributed by atoms with van der Waals surface area (Å²) < 4.78 is 10.6. The van der Waals surface area contributed by atoms with Crippen LogP contribution in [0.2, 0.25) is 0 Å². The molecule has 0 saturated heterocycles. The second-order valence-corrected chi connectivity index (χ2v) is 11.1. The van der Waals surface area contributed by atoms with Gasteiger partial charge >= 0.3 is 0 Å². The Hall–Kier alpha value is -5.67. The SMILES string of the molecule is [C-]#[N+]c1cc(C)c(-c2cnn(-c3cc(C)cc(Oc4ccc5c6ccccc6n(-c6cc(C)ccn6)c5c4)c3)c2)c(C)c1. The van der Waals surface area contributed by atoms with Crippen LogP contribution in [0.4, 0.5) is 5.69 Å². The molecule has 4 aromatic carbocycles. The summed E-state index contributed by atoms with van der Waals surface area (Å²) in [5, 5.41) is 7.01. The predicted octanol–water partition coefficient (Wildman–Crippen LogP) is 9.61. The molecule has 6 heteroatoms. The number of pyridine rings is 1. The van der Waals surface area contributed by atoms with Crippen molar-refractivity contribution in [1.29, 1.82) is 0 Å². The Balaban J connectivity index is 1.27. The van der Waals surface area contributed by atoms with Crippen molar-refractivity contribution >= 4 is 27.5 Å². The Morgan fingerprint density at radius 1 is 0.744 bits per heavy atom. The van der Waals surface area contributed by atoms with Crippen LogP contribution in [-0.4, -0.2) is 19.3 Å². The Bertz CT molecular complexity index is 2210. The summed E-state index contributed by atoms with van der Waals surface area (Å²) in [5.41, 5.74) is 10.2. The molecule has 6 nitrogen and oxygen atoms in total. The topological polar surface area (TPSA) is 49.2 Å². The van der Waals surface area contributed by atoms with E-state index < -0.39 is 0 Å². The molecule has 3 heterocycles. The molecular weight excluding hydrogens is 530 g/mol. The molecule has 0 bridgehead atoms. The molecule has 3 aromatic heterocycles. The highest BCUT2D eigenvalue weighted by molar-refractivity contribution is 6.09. The van der Waals surface area contributed by atoms with Gasteiger partial charge in [0, 0.05) is 40.9 Å². The minimum Gasteiger partial charge on any atom is -0.457 e. The van der Waals surface area contributed by atoms with Gasteiger partial charge in [-0.05, 0) is 86.8 Å². The van der Waals surface area contributed by atoms with Crippen LogP contribution >= 0.6 is 0 Å². The van der Waals surface area contributed by atoms with E-state index in [1.54, 1.807) is 0 Å². The summed E-state index contributed by atoms with van der Waals surface area (Å²) in [6, 6.07) is 28.8. The van der Waals surface area contributed by atoms with Gasteiger partial charge in [-0.3, -0.25) is 4.57 Å². The molecule has 43 heavy (non-hydrogen) atoms. The fraction of sp³-hybridized carbons (Fsp3) is 0.108. The minimum atomic E-state index is 0.653. The van der Waals surface area contributed by atoms with E-state index in [0.717, 1.165) is 72.8 Å². The zero-order valence-electron chi connectivity index (χ0n) is 24.5. The van der Waals surface area contributed by atoms with E-state index >= 15 is 0 Å². The third kappa shape index (κ3) is 4.71. The Kier molecular flexibility index (Phi) is 6.29. The Morgan fingerprint density at radius 3 is 2.33 bits per heavy atom. The van der Waals surface area contributed by atoms with Gasteiger partial charge in [-0.25, -0.2) is 14.5 Å². The molecule has 7 rings (SSSR count). The van der Waals surface area contributed by atoms with Gasteiger partial charge in [0.05, 0.1) is 29.5 Å². The van der Waals surface area contributed by atoms with E-state index in [4.69, 9.17) is 16.3 Å². The van der Waals surface area contributed by atoms with E-state index in [9.17, 15) is 0 Å². The number of nitrogens with zero attached hydrogens (tertiary/aromatic N) is 5. The summed E-state index contributed by atoms with van der Waals surface area (Å²) in [6.45, 7) is 15.6. The number of ether oxygens (including phenoxy) is 1. The van der Waals surface area contributed by atoms with Gasteiger partial charge in [-0.2, -0.15) is 5.10 Å². The fourth-order valence-electron chi connectivity index (χ4n) is 6.01. The largest absolute Gasteiger partial charge is 0.457 e. The van der Waals surface area contributed by atoms with E-state index in [1.807, 2.05) is 73.5 Å². The van der Waals surface area contributed by atoms with E-state index in [0.29, 0.717) is 5.69 Å². The molecule has 0 atom stereocenters. The van der Waals surface area contributed by atoms with Crippen molar-refractivity contribution < 1.29 is 4.74 Å². The third-order valence-corrected chi connectivity index (χ3v) is 7.83. The first-order valence-corrected chi connectivity index (χ1v) is 14.2. The average Bonchev–Trinajstić information content (AvgIpc) is 3.59. The highest BCUT2D eigenvalue weighted by Gasteiger charge is 2.15. The first-order chi connectivity index (χ1) is 20.9. The van der Waals surface area contributed by atoms with Crippen LogP contribution in [-0.2, 0) is 0 Å². The zero-order chi connectivity index (χ0) is 29.7. The summed E-state index contributed by atoms with van der Waals surface area (Å²) >= 11 is 0. The van der Waals surface area contributed by atoms with Gasteiger partial charge < -0.3 is 4.74 Å². The predicted molar refractivity (Wildman–Crippen MR) is 173 cm³/mol. The highest BCUT2D eigenvalue weighted by Crippen LogP contribution is 2.36. The van der Waals surface area contributed by atoms with Crippen LogP contribution in [0.5, 0.6) is 11.5 Å². The van der Waals surface area contributed by atoms with Crippen molar-refractivity contribution in [1.82, 2.24) is 19.3 Å².